The number of fused-ring (bicyclic) bond motifs is 1. The third-order valence-electron chi connectivity index (χ3n) is 7.42. The largest absolute Gasteiger partial charge is 0.395 e. The molecule has 10 heteroatoms. The number of carbonyl (C=O) groups is 1. The number of aromatic nitrogens is 2. The summed E-state index contributed by atoms with van der Waals surface area (Å²) in [5, 5.41) is 15.2. The normalized spacial score (nSPS) is 25.1. The zero-order valence-corrected chi connectivity index (χ0v) is 19.3. The van der Waals surface area contributed by atoms with Gasteiger partial charge in [0, 0.05) is 58.1 Å². The van der Waals surface area contributed by atoms with Crippen molar-refractivity contribution in [3.05, 3.63) is 52.6 Å². The highest BCUT2D eigenvalue weighted by Gasteiger charge is 2.57. The maximum atomic E-state index is 12.6. The van der Waals surface area contributed by atoms with E-state index in [1.54, 1.807) is 17.2 Å². The van der Waals surface area contributed by atoms with Gasteiger partial charge < -0.3 is 26.0 Å². The summed E-state index contributed by atoms with van der Waals surface area (Å²) in [5.74, 6) is 2.04. The predicted octanol–water partition coefficient (Wildman–Crippen LogP) is -0.290. The minimum atomic E-state index is -0.433. The van der Waals surface area contributed by atoms with E-state index in [4.69, 9.17) is 5.73 Å². The van der Waals surface area contributed by atoms with Gasteiger partial charge in [-0.1, -0.05) is 12.1 Å². The second-order valence-corrected chi connectivity index (χ2v) is 9.56. The topological polar surface area (TPSA) is 129 Å². The van der Waals surface area contributed by atoms with Crippen molar-refractivity contribution in [3.8, 4) is 5.69 Å². The summed E-state index contributed by atoms with van der Waals surface area (Å²) >= 11 is 0. The van der Waals surface area contributed by atoms with Gasteiger partial charge in [-0.2, -0.15) is 4.98 Å². The number of nitrogens with two attached hydrogens (primary N) is 1. The molecule has 0 spiro atoms. The van der Waals surface area contributed by atoms with Crippen molar-refractivity contribution in [2.24, 2.45) is 23.5 Å². The van der Waals surface area contributed by atoms with Gasteiger partial charge in [-0.15, -0.1) is 0 Å². The van der Waals surface area contributed by atoms with Crippen LogP contribution >= 0.6 is 0 Å². The lowest BCUT2D eigenvalue weighted by atomic mass is 10.1. The van der Waals surface area contributed by atoms with Gasteiger partial charge in [0.15, 0.2) is 0 Å². The molecule has 2 saturated heterocycles. The summed E-state index contributed by atoms with van der Waals surface area (Å²) in [4.78, 5) is 33.1. The van der Waals surface area contributed by atoms with Gasteiger partial charge in [0.2, 0.25) is 0 Å². The smallest absolute Gasteiger partial charge is 0.354 e. The molecule has 3 aliphatic rings. The zero-order valence-electron chi connectivity index (χ0n) is 19.3. The Morgan fingerprint density at radius 2 is 1.88 bits per heavy atom. The summed E-state index contributed by atoms with van der Waals surface area (Å²) in [7, 11) is 0. The van der Waals surface area contributed by atoms with Crippen LogP contribution in [0.25, 0.3) is 5.69 Å². The third kappa shape index (κ3) is 4.85. The van der Waals surface area contributed by atoms with Crippen molar-refractivity contribution in [1.82, 2.24) is 24.7 Å². The number of aliphatic hydroxyl groups excluding tert-OH is 1. The number of carbonyl (C=O) groups excluding carboxylic acids is 1. The molecule has 1 aliphatic carbocycles. The molecule has 5 rings (SSSR count). The van der Waals surface area contributed by atoms with E-state index in [2.05, 4.69) is 20.5 Å². The first kappa shape index (κ1) is 23.0. The Bertz CT molecular complexity index is 1050. The number of nitrogens with one attached hydrogen (secondary N) is 2. The summed E-state index contributed by atoms with van der Waals surface area (Å²) in [6.07, 6.45) is 2.59. The van der Waals surface area contributed by atoms with Crippen molar-refractivity contribution in [1.29, 1.82) is 0 Å². The summed E-state index contributed by atoms with van der Waals surface area (Å²) < 4.78 is 1.47. The molecule has 3 heterocycles. The van der Waals surface area contributed by atoms with Gasteiger partial charge in [0.25, 0.3) is 0 Å². The standard InChI is InChI=1S/C24H33N7O3/c25-20(15-32)22-18-13-29(14-19(18)22)9-5-16-1-3-17(4-2-16)31-10-6-21(28-24(31)34)27-23(33)30-11-7-26-8-12-30/h1-4,6,10,18-20,22,26,32H,5,7-9,11-15,25H2,(H,27,28,33,34). The second kappa shape index (κ2) is 9.83. The molecule has 2 aliphatic heterocycles. The van der Waals surface area contributed by atoms with Gasteiger partial charge >= 0.3 is 11.7 Å². The van der Waals surface area contributed by atoms with E-state index in [-0.39, 0.29) is 24.5 Å². The molecule has 1 aromatic carbocycles. The number of aliphatic hydroxyl groups is 1. The van der Waals surface area contributed by atoms with Crippen LogP contribution in [0, 0.1) is 17.8 Å². The van der Waals surface area contributed by atoms with E-state index in [1.165, 1.54) is 10.1 Å². The number of piperazine rings is 1. The van der Waals surface area contributed by atoms with Crippen molar-refractivity contribution in [3.63, 3.8) is 0 Å². The highest BCUT2D eigenvalue weighted by molar-refractivity contribution is 5.88. The zero-order chi connectivity index (χ0) is 23.7. The molecule has 3 atom stereocenters. The van der Waals surface area contributed by atoms with E-state index in [1.807, 2.05) is 24.3 Å². The molecule has 3 unspecified atom stereocenters. The molecule has 2 aromatic rings. The van der Waals surface area contributed by atoms with E-state index in [9.17, 15) is 14.7 Å². The average molecular weight is 468 g/mol. The van der Waals surface area contributed by atoms with Crippen LogP contribution in [-0.4, -0.2) is 89.0 Å². The number of piperidine rings is 1. The van der Waals surface area contributed by atoms with Crippen LogP contribution in [-0.2, 0) is 6.42 Å². The molecule has 34 heavy (non-hydrogen) atoms. The molecule has 2 amide bonds. The number of nitrogens with zero attached hydrogens (tertiary/aromatic N) is 4. The van der Waals surface area contributed by atoms with Crippen molar-refractivity contribution in [2.75, 3.05) is 57.7 Å². The number of anilines is 1. The molecule has 0 radical (unpaired) electrons. The Balaban J connectivity index is 1.13. The van der Waals surface area contributed by atoms with E-state index in [0.717, 1.165) is 44.8 Å². The Kier molecular flexibility index (Phi) is 6.64. The lowest BCUT2D eigenvalue weighted by molar-refractivity contribution is 0.204. The van der Waals surface area contributed by atoms with Gasteiger partial charge in [0.05, 0.1) is 12.3 Å². The number of hydrogen-bond donors (Lipinski definition) is 4. The van der Waals surface area contributed by atoms with Crippen LogP contribution in [0.2, 0.25) is 0 Å². The van der Waals surface area contributed by atoms with E-state index < -0.39 is 5.69 Å². The maximum absolute atomic E-state index is 12.6. The first-order valence-corrected chi connectivity index (χ1v) is 12.1. The van der Waals surface area contributed by atoms with Crippen molar-refractivity contribution < 1.29 is 9.90 Å². The Morgan fingerprint density at radius 3 is 2.53 bits per heavy atom. The van der Waals surface area contributed by atoms with Crippen molar-refractivity contribution in [2.45, 2.75) is 12.5 Å². The number of likely N-dealkylation sites (tertiary alicyclic amines) is 1. The van der Waals surface area contributed by atoms with Gasteiger partial charge in [-0.05, 0) is 47.9 Å². The number of amides is 2. The van der Waals surface area contributed by atoms with Crippen LogP contribution < -0.4 is 22.1 Å². The fraction of sp³-hybridized carbons (Fsp3) is 0.542. The fourth-order valence-corrected chi connectivity index (χ4v) is 5.44. The van der Waals surface area contributed by atoms with Gasteiger partial charge in [0.1, 0.15) is 5.82 Å². The third-order valence-corrected chi connectivity index (χ3v) is 7.42. The minimum absolute atomic E-state index is 0.0693. The summed E-state index contributed by atoms with van der Waals surface area (Å²) in [6.45, 7) is 6.00. The number of urea groups is 1. The van der Waals surface area contributed by atoms with Gasteiger partial charge in [-0.3, -0.25) is 9.88 Å². The molecule has 3 fully saturated rings. The van der Waals surface area contributed by atoms with Gasteiger partial charge in [-0.25, -0.2) is 9.59 Å². The number of hydrogen-bond acceptors (Lipinski definition) is 7. The first-order valence-electron chi connectivity index (χ1n) is 12.1. The summed E-state index contributed by atoms with van der Waals surface area (Å²) in [5.41, 5.74) is 7.52. The van der Waals surface area contributed by atoms with E-state index >= 15 is 0 Å². The molecule has 182 valence electrons. The fourth-order valence-electron chi connectivity index (χ4n) is 5.44. The predicted molar refractivity (Wildman–Crippen MR) is 129 cm³/mol. The highest BCUT2D eigenvalue weighted by atomic mass is 16.3. The van der Waals surface area contributed by atoms with Crippen LogP contribution in [0.15, 0.2) is 41.3 Å². The average Bonchev–Trinajstić information content (AvgIpc) is 3.37. The summed E-state index contributed by atoms with van der Waals surface area (Å²) in [6, 6.07) is 9.28. The van der Waals surface area contributed by atoms with E-state index in [0.29, 0.717) is 30.8 Å². The Hall–Kier alpha value is -2.79. The molecular formula is C24H33N7O3. The quantitative estimate of drug-likeness (QED) is 0.440. The van der Waals surface area contributed by atoms with Crippen LogP contribution in [0.4, 0.5) is 10.6 Å². The molecule has 1 aromatic heterocycles. The molecular weight excluding hydrogens is 434 g/mol. The Labute approximate surface area is 198 Å². The first-order chi connectivity index (χ1) is 16.5. The highest BCUT2D eigenvalue weighted by Crippen LogP contribution is 2.52. The lowest BCUT2D eigenvalue weighted by Crippen LogP contribution is -2.48. The minimum Gasteiger partial charge on any atom is -0.395 e. The Morgan fingerprint density at radius 1 is 1.18 bits per heavy atom. The van der Waals surface area contributed by atoms with Crippen molar-refractivity contribution >= 4 is 11.8 Å². The SMILES string of the molecule is NC(CO)C1C2CN(CCc3ccc(-n4ccc(NC(=O)N5CCNCC5)nc4=O)cc3)CC21. The van der Waals surface area contributed by atoms with Crippen LogP contribution in [0.1, 0.15) is 5.56 Å². The molecule has 5 N–H and O–H groups in total. The lowest BCUT2D eigenvalue weighted by Gasteiger charge is -2.27. The van der Waals surface area contributed by atoms with Crippen LogP contribution in [0.5, 0.6) is 0 Å². The number of rotatable bonds is 7. The van der Waals surface area contributed by atoms with Crippen LogP contribution in [0.3, 0.4) is 0 Å². The molecule has 10 nitrogen and oxygen atoms in total. The monoisotopic (exact) mass is 467 g/mol. The molecule has 1 saturated carbocycles. The molecule has 0 bridgehead atoms. The second-order valence-electron chi connectivity index (χ2n) is 9.56. The number of benzene rings is 1. The maximum Gasteiger partial charge on any atom is 0.354 e.